The molecule has 1 aromatic heterocycles. The van der Waals surface area contributed by atoms with Crippen LogP contribution in [0.25, 0.3) is 22.6 Å². The van der Waals surface area contributed by atoms with Crippen molar-refractivity contribution >= 4 is 38.5 Å². The van der Waals surface area contributed by atoms with Crippen LogP contribution in [0.5, 0.6) is 5.75 Å². The SMILES string of the molecule is N#CCOc1cccc(C=C(C#N)c2nc3ccc(Br)cc3c(=O)[nH]2)c1. The molecule has 0 radical (unpaired) electrons. The van der Waals surface area contributed by atoms with Gasteiger partial charge in [0.25, 0.3) is 5.56 Å². The van der Waals surface area contributed by atoms with E-state index in [2.05, 4.69) is 32.0 Å². The average Bonchev–Trinajstić information content (AvgIpc) is 2.65. The lowest BCUT2D eigenvalue weighted by molar-refractivity contribution is 0.368. The first-order valence-corrected chi connectivity index (χ1v) is 8.31. The maximum Gasteiger partial charge on any atom is 0.259 e. The van der Waals surface area contributed by atoms with Gasteiger partial charge in [0, 0.05) is 4.47 Å². The van der Waals surface area contributed by atoms with Crippen molar-refractivity contribution in [3.63, 3.8) is 0 Å². The second-order valence-electron chi connectivity index (χ2n) is 5.27. The van der Waals surface area contributed by atoms with Crippen LogP contribution in [0.15, 0.2) is 51.7 Å². The van der Waals surface area contributed by atoms with Crippen LogP contribution in [-0.4, -0.2) is 16.6 Å². The van der Waals surface area contributed by atoms with Crippen LogP contribution in [0.1, 0.15) is 11.4 Å². The van der Waals surface area contributed by atoms with Gasteiger partial charge in [-0.25, -0.2) is 4.98 Å². The Bertz CT molecular complexity index is 1150. The Labute approximate surface area is 157 Å². The van der Waals surface area contributed by atoms with Crippen molar-refractivity contribution in [3.05, 3.63) is 68.7 Å². The first-order valence-electron chi connectivity index (χ1n) is 7.52. The van der Waals surface area contributed by atoms with Gasteiger partial charge < -0.3 is 9.72 Å². The minimum absolute atomic E-state index is 0.0621. The lowest BCUT2D eigenvalue weighted by atomic mass is 10.1. The van der Waals surface area contributed by atoms with E-state index in [0.29, 0.717) is 22.2 Å². The minimum Gasteiger partial charge on any atom is -0.479 e. The largest absolute Gasteiger partial charge is 0.479 e. The third-order valence-electron chi connectivity index (χ3n) is 3.52. The zero-order valence-electron chi connectivity index (χ0n) is 13.4. The highest BCUT2D eigenvalue weighted by atomic mass is 79.9. The van der Waals surface area contributed by atoms with Gasteiger partial charge in [-0.3, -0.25) is 4.79 Å². The molecule has 1 heterocycles. The number of aromatic nitrogens is 2. The number of nitrogens with one attached hydrogen (secondary N) is 1. The second kappa shape index (κ2) is 7.64. The fraction of sp³-hybridized carbons (Fsp3) is 0.0526. The van der Waals surface area contributed by atoms with E-state index in [1.807, 2.05) is 6.07 Å². The van der Waals surface area contributed by atoms with Crippen LogP contribution < -0.4 is 10.3 Å². The third-order valence-corrected chi connectivity index (χ3v) is 4.01. The quantitative estimate of drug-likeness (QED) is 0.665. The summed E-state index contributed by atoms with van der Waals surface area (Å²) in [6.07, 6.45) is 1.60. The fourth-order valence-corrected chi connectivity index (χ4v) is 2.73. The summed E-state index contributed by atoms with van der Waals surface area (Å²) < 4.78 is 6.03. The molecule has 3 aromatic rings. The second-order valence-corrected chi connectivity index (χ2v) is 6.18. The molecule has 0 amide bonds. The van der Waals surface area contributed by atoms with E-state index in [-0.39, 0.29) is 23.6 Å². The Hall–Kier alpha value is -3.42. The van der Waals surface area contributed by atoms with Crippen molar-refractivity contribution < 1.29 is 4.74 Å². The Balaban J connectivity index is 2.04. The Morgan fingerprint density at radius 1 is 1.27 bits per heavy atom. The number of hydrogen-bond donors (Lipinski definition) is 1. The maximum absolute atomic E-state index is 12.3. The summed E-state index contributed by atoms with van der Waals surface area (Å²) in [5, 5.41) is 18.5. The molecule has 6 nitrogen and oxygen atoms in total. The Morgan fingerprint density at radius 3 is 2.88 bits per heavy atom. The lowest BCUT2D eigenvalue weighted by Gasteiger charge is -2.04. The summed E-state index contributed by atoms with van der Waals surface area (Å²) in [7, 11) is 0. The molecule has 0 fully saturated rings. The summed E-state index contributed by atoms with van der Waals surface area (Å²) in [4.78, 5) is 19.3. The van der Waals surface area contributed by atoms with Gasteiger partial charge in [-0.1, -0.05) is 28.1 Å². The highest BCUT2D eigenvalue weighted by Gasteiger charge is 2.09. The number of nitrogens with zero attached hydrogens (tertiary/aromatic N) is 3. The number of fused-ring (bicyclic) bond motifs is 1. The van der Waals surface area contributed by atoms with Crippen LogP contribution in [-0.2, 0) is 0 Å². The molecule has 2 aromatic carbocycles. The van der Waals surface area contributed by atoms with E-state index < -0.39 is 0 Å². The van der Waals surface area contributed by atoms with Gasteiger partial charge in [0.05, 0.1) is 16.5 Å². The van der Waals surface area contributed by atoms with Gasteiger partial charge in [0.2, 0.25) is 0 Å². The average molecular weight is 407 g/mol. The first-order chi connectivity index (χ1) is 12.6. The van der Waals surface area contributed by atoms with Crippen molar-refractivity contribution in [1.29, 1.82) is 10.5 Å². The van der Waals surface area contributed by atoms with Crippen LogP contribution in [0.2, 0.25) is 0 Å². The smallest absolute Gasteiger partial charge is 0.259 e. The van der Waals surface area contributed by atoms with E-state index in [1.54, 1.807) is 48.5 Å². The standard InChI is InChI=1S/C19H11BrN4O2/c20-14-4-5-17-16(10-14)19(25)24-18(23-17)13(11-22)8-12-2-1-3-15(9-12)26-7-6-21/h1-5,8-10H,7H2,(H,23,24,25). The predicted molar refractivity (Wildman–Crippen MR) is 101 cm³/mol. The number of halogens is 1. The van der Waals surface area contributed by atoms with Crippen LogP contribution in [0.3, 0.4) is 0 Å². The highest BCUT2D eigenvalue weighted by molar-refractivity contribution is 9.10. The lowest BCUT2D eigenvalue weighted by Crippen LogP contribution is -2.11. The van der Waals surface area contributed by atoms with E-state index >= 15 is 0 Å². The van der Waals surface area contributed by atoms with Gasteiger partial charge in [0.15, 0.2) is 12.4 Å². The molecule has 0 saturated carbocycles. The molecule has 3 rings (SSSR count). The van der Waals surface area contributed by atoms with E-state index in [9.17, 15) is 10.1 Å². The molecule has 26 heavy (non-hydrogen) atoms. The molecular formula is C19H11BrN4O2. The zero-order chi connectivity index (χ0) is 18.5. The van der Waals surface area contributed by atoms with E-state index in [4.69, 9.17) is 10.00 Å². The maximum atomic E-state index is 12.3. The summed E-state index contributed by atoms with van der Waals surface area (Å²) in [5.74, 6) is 0.707. The summed E-state index contributed by atoms with van der Waals surface area (Å²) >= 11 is 3.32. The number of ether oxygens (including phenoxy) is 1. The number of benzene rings is 2. The van der Waals surface area contributed by atoms with Crippen molar-refractivity contribution in [2.24, 2.45) is 0 Å². The number of allylic oxidation sites excluding steroid dienone is 1. The van der Waals surface area contributed by atoms with Crippen molar-refractivity contribution in [3.8, 4) is 17.9 Å². The molecule has 0 saturated heterocycles. The third kappa shape index (κ3) is 3.80. The van der Waals surface area contributed by atoms with Crippen LogP contribution in [0, 0.1) is 22.7 Å². The van der Waals surface area contributed by atoms with Gasteiger partial charge in [-0.2, -0.15) is 10.5 Å². The molecule has 0 spiro atoms. The number of rotatable bonds is 4. The summed E-state index contributed by atoms with van der Waals surface area (Å²) in [6, 6.07) is 16.1. The number of hydrogen-bond acceptors (Lipinski definition) is 5. The van der Waals surface area contributed by atoms with Gasteiger partial charge in [0.1, 0.15) is 17.9 Å². The molecule has 0 atom stereocenters. The molecular weight excluding hydrogens is 396 g/mol. The number of nitriles is 2. The molecule has 0 aliphatic heterocycles. The molecule has 0 aliphatic rings. The molecule has 7 heteroatoms. The fourth-order valence-electron chi connectivity index (χ4n) is 2.37. The molecule has 126 valence electrons. The van der Waals surface area contributed by atoms with Crippen LogP contribution in [0.4, 0.5) is 0 Å². The van der Waals surface area contributed by atoms with Gasteiger partial charge in [-0.05, 0) is 42.0 Å². The molecule has 1 N–H and O–H groups in total. The number of H-pyrrole nitrogens is 1. The highest BCUT2D eigenvalue weighted by Crippen LogP contribution is 2.20. The zero-order valence-corrected chi connectivity index (χ0v) is 14.9. The predicted octanol–water partition coefficient (Wildman–Crippen LogP) is 3.65. The monoisotopic (exact) mass is 406 g/mol. The topological polar surface area (TPSA) is 103 Å². The molecule has 0 bridgehead atoms. The van der Waals surface area contributed by atoms with Crippen molar-refractivity contribution in [2.75, 3.05) is 6.61 Å². The Morgan fingerprint density at radius 2 is 2.12 bits per heavy atom. The number of aromatic amines is 1. The minimum atomic E-state index is -0.321. The van der Waals surface area contributed by atoms with Crippen LogP contribution >= 0.6 is 15.9 Å². The van der Waals surface area contributed by atoms with E-state index in [0.717, 1.165) is 4.47 Å². The van der Waals surface area contributed by atoms with Crippen molar-refractivity contribution in [2.45, 2.75) is 0 Å². The van der Waals surface area contributed by atoms with Crippen molar-refractivity contribution in [1.82, 2.24) is 9.97 Å². The van der Waals surface area contributed by atoms with Gasteiger partial charge >= 0.3 is 0 Å². The summed E-state index contributed by atoms with van der Waals surface area (Å²) in [5.41, 5.74) is 1.08. The van der Waals surface area contributed by atoms with E-state index in [1.165, 1.54) is 0 Å². The molecule has 0 aliphatic carbocycles. The normalized spacial score (nSPS) is 11.0. The first kappa shape index (κ1) is 17.4. The van der Waals surface area contributed by atoms with Gasteiger partial charge in [-0.15, -0.1) is 0 Å². The Kier molecular flexibility index (Phi) is 5.12. The summed E-state index contributed by atoms with van der Waals surface area (Å²) in [6.45, 7) is -0.0621. The molecule has 0 unspecified atom stereocenters.